The molecule has 9 rings (SSSR count). The summed E-state index contributed by atoms with van der Waals surface area (Å²) >= 11 is 0. The summed E-state index contributed by atoms with van der Waals surface area (Å²) in [5.74, 6) is 3.88. The van der Waals surface area contributed by atoms with Gasteiger partial charge in [0.2, 0.25) is 0 Å². The monoisotopic (exact) mass is 491 g/mol. The fourth-order valence-electron chi connectivity index (χ4n) is 12.2. The molecule has 9 aliphatic rings. The number of hydrogen-bond acceptors (Lipinski definition) is 3. The number of aliphatic hydroxyl groups excluding tert-OH is 1. The molecule has 0 aromatic carbocycles. The SMILES string of the molecule is CC12CCC(O)CC1=CC=C1C2CCC2(C)C1CCC21CN(CC23CC4CC(CC(C4)C2)C3)C(=O)O1. The Kier molecular flexibility index (Phi) is 4.54. The van der Waals surface area contributed by atoms with Gasteiger partial charge in [0.15, 0.2) is 0 Å². The lowest BCUT2D eigenvalue weighted by atomic mass is 9.49. The predicted octanol–water partition coefficient (Wildman–Crippen LogP) is 6.64. The summed E-state index contributed by atoms with van der Waals surface area (Å²) in [6, 6.07) is 0. The van der Waals surface area contributed by atoms with Crippen molar-refractivity contribution in [2.24, 2.45) is 45.8 Å². The first-order valence-corrected chi connectivity index (χ1v) is 15.3. The third kappa shape index (κ3) is 2.89. The number of amides is 1. The van der Waals surface area contributed by atoms with Crippen LogP contribution in [-0.2, 0) is 4.74 Å². The number of aliphatic hydroxyl groups is 1. The van der Waals surface area contributed by atoms with Gasteiger partial charge >= 0.3 is 6.09 Å². The minimum absolute atomic E-state index is 0.0113. The van der Waals surface area contributed by atoms with Crippen molar-refractivity contribution in [3.8, 4) is 0 Å². The van der Waals surface area contributed by atoms with Crippen molar-refractivity contribution >= 4 is 6.09 Å². The number of hydrogen-bond donors (Lipinski definition) is 1. The van der Waals surface area contributed by atoms with Crippen LogP contribution in [-0.4, -0.2) is 40.9 Å². The molecule has 196 valence electrons. The van der Waals surface area contributed by atoms with E-state index in [-0.39, 0.29) is 28.6 Å². The molecule has 1 heterocycles. The lowest BCUT2D eigenvalue weighted by molar-refractivity contribution is -0.0687. The zero-order chi connectivity index (χ0) is 24.5. The molecule has 8 fully saturated rings. The van der Waals surface area contributed by atoms with Crippen molar-refractivity contribution in [3.05, 3.63) is 23.3 Å². The maximum Gasteiger partial charge on any atom is 0.410 e. The molecule has 8 aliphatic carbocycles. The van der Waals surface area contributed by atoms with Gasteiger partial charge in [-0.25, -0.2) is 4.79 Å². The molecule has 6 atom stereocenters. The minimum Gasteiger partial charge on any atom is -0.440 e. The smallest absolute Gasteiger partial charge is 0.410 e. The lowest BCUT2D eigenvalue weighted by Gasteiger charge is -2.57. The van der Waals surface area contributed by atoms with Gasteiger partial charge in [-0.3, -0.25) is 0 Å². The number of ether oxygens (including phenoxy) is 1. The Bertz CT molecular complexity index is 1020. The van der Waals surface area contributed by atoms with Gasteiger partial charge in [-0.1, -0.05) is 37.1 Å². The van der Waals surface area contributed by atoms with E-state index in [0.717, 1.165) is 69.4 Å². The number of carbonyl (C=O) groups excluding carboxylic acids is 1. The van der Waals surface area contributed by atoms with Crippen LogP contribution in [0, 0.1) is 45.8 Å². The summed E-state index contributed by atoms with van der Waals surface area (Å²) in [5.41, 5.74) is 3.42. The molecule has 4 bridgehead atoms. The van der Waals surface area contributed by atoms with Crippen molar-refractivity contribution in [1.82, 2.24) is 4.90 Å². The topological polar surface area (TPSA) is 49.8 Å². The molecule has 7 saturated carbocycles. The van der Waals surface area contributed by atoms with E-state index in [4.69, 9.17) is 4.74 Å². The van der Waals surface area contributed by atoms with Crippen LogP contribution in [0.15, 0.2) is 23.3 Å². The first-order chi connectivity index (χ1) is 17.2. The zero-order valence-electron chi connectivity index (χ0n) is 22.4. The van der Waals surface area contributed by atoms with Crippen LogP contribution < -0.4 is 0 Å². The van der Waals surface area contributed by atoms with E-state index in [1.165, 1.54) is 50.5 Å². The molecule has 0 aromatic heterocycles. The van der Waals surface area contributed by atoms with E-state index in [1.807, 2.05) is 0 Å². The molecule has 4 nitrogen and oxygen atoms in total. The Balaban J connectivity index is 1.06. The quantitative estimate of drug-likeness (QED) is 0.471. The molecule has 0 radical (unpaired) electrons. The van der Waals surface area contributed by atoms with Crippen LogP contribution in [0.3, 0.4) is 0 Å². The third-order valence-electron chi connectivity index (χ3n) is 13.5. The van der Waals surface area contributed by atoms with Gasteiger partial charge < -0.3 is 14.7 Å². The van der Waals surface area contributed by atoms with E-state index in [0.29, 0.717) is 17.3 Å². The summed E-state index contributed by atoms with van der Waals surface area (Å²) < 4.78 is 6.55. The highest BCUT2D eigenvalue weighted by Gasteiger charge is 2.67. The Hall–Kier alpha value is -1.29. The number of fused-ring (bicyclic) bond motifs is 6. The molecular weight excluding hydrogens is 446 g/mol. The van der Waals surface area contributed by atoms with E-state index in [1.54, 1.807) is 5.57 Å². The van der Waals surface area contributed by atoms with Crippen molar-refractivity contribution < 1.29 is 14.6 Å². The molecule has 1 amide bonds. The van der Waals surface area contributed by atoms with Gasteiger partial charge in [0.05, 0.1) is 12.6 Å². The van der Waals surface area contributed by atoms with Crippen LogP contribution in [0.2, 0.25) is 0 Å². The lowest BCUT2D eigenvalue weighted by Crippen LogP contribution is -2.54. The molecule has 1 aliphatic heterocycles. The van der Waals surface area contributed by atoms with Crippen LogP contribution >= 0.6 is 0 Å². The average molecular weight is 492 g/mol. The molecule has 6 unspecified atom stereocenters. The fourth-order valence-corrected chi connectivity index (χ4v) is 12.2. The van der Waals surface area contributed by atoms with Crippen LogP contribution in [0.25, 0.3) is 0 Å². The summed E-state index contributed by atoms with van der Waals surface area (Å²) in [5, 5.41) is 10.3. The van der Waals surface area contributed by atoms with Crippen molar-refractivity contribution in [1.29, 1.82) is 0 Å². The van der Waals surface area contributed by atoms with E-state index in [2.05, 4.69) is 30.9 Å². The summed E-state index contributed by atoms with van der Waals surface area (Å²) in [6.45, 7) is 6.71. The third-order valence-corrected chi connectivity index (χ3v) is 13.5. The largest absolute Gasteiger partial charge is 0.440 e. The van der Waals surface area contributed by atoms with Gasteiger partial charge in [-0.15, -0.1) is 0 Å². The van der Waals surface area contributed by atoms with Crippen LogP contribution in [0.4, 0.5) is 4.79 Å². The minimum atomic E-state index is -0.309. The molecule has 36 heavy (non-hydrogen) atoms. The highest BCUT2D eigenvalue weighted by Crippen LogP contribution is 2.68. The first kappa shape index (κ1) is 22.7. The molecule has 1 spiro atoms. The molecule has 0 aromatic rings. The normalized spacial score (nSPS) is 54.6. The highest BCUT2D eigenvalue weighted by molar-refractivity contribution is 5.71. The Labute approximate surface area is 216 Å². The second-order valence-corrected chi connectivity index (χ2v) is 15.4. The van der Waals surface area contributed by atoms with Crippen molar-refractivity contribution in [2.75, 3.05) is 13.1 Å². The summed E-state index contributed by atoms with van der Waals surface area (Å²) in [6.07, 6.45) is 20.5. The molecule has 1 N–H and O–H groups in total. The Morgan fingerprint density at radius 2 is 1.64 bits per heavy atom. The van der Waals surface area contributed by atoms with E-state index in [9.17, 15) is 9.90 Å². The van der Waals surface area contributed by atoms with Crippen molar-refractivity contribution in [2.45, 2.75) is 109 Å². The number of carbonyl (C=O) groups is 1. The number of rotatable bonds is 2. The Morgan fingerprint density at radius 1 is 0.944 bits per heavy atom. The number of nitrogens with zero attached hydrogens (tertiary/aromatic N) is 1. The number of allylic oxidation sites excluding steroid dienone is 3. The predicted molar refractivity (Wildman–Crippen MR) is 139 cm³/mol. The highest BCUT2D eigenvalue weighted by atomic mass is 16.6. The van der Waals surface area contributed by atoms with Gasteiger partial charge in [0, 0.05) is 12.0 Å². The summed E-state index contributed by atoms with van der Waals surface area (Å²) in [4.78, 5) is 15.7. The van der Waals surface area contributed by atoms with Crippen LogP contribution in [0.5, 0.6) is 0 Å². The van der Waals surface area contributed by atoms with Gasteiger partial charge in [-0.05, 0) is 124 Å². The molecule has 4 heteroatoms. The van der Waals surface area contributed by atoms with Gasteiger partial charge in [0.25, 0.3) is 0 Å². The van der Waals surface area contributed by atoms with E-state index < -0.39 is 0 Å². The average Bonchev–Trinajstić information content (AvgIpc) is 3.28. The van der Waals surface area contributed by atoms with Gasteiger partial charge in [0.1, 0.15) is 5.60 Å². The standard InChI is InChI=1S/C32H45NO3/c1-29-8-5-24(34)14-23(29)3-4-25-26(29)6-9-30(2)27(25)7-10-32(30)19-33(28(35)36-32)18-31-15-20-11-21(16-31)13-22(12-20)17-31/h3-4,20-22,24,26-27,34H,5-19H2,1-2H3. The maximum atomic E-state index is 13.5. The van der Waals surface area contributed by atoms with Gasteiger partial charge in [-0.2, -0.15) is 0 Å². The zero-order valence-corrected chi connectivity index (χ0v) is 22.4. The van der Waals surface area contributed by atoms with Crippen LogP contribution in [0.1, 0.15) is 97.3 Å². The second kappa shape index (κ2) is 7.21. The first-order valence-electron chi connectivity index (χ1n) is 15.3. The van der Waals surface area contributed by atoms with E-state index >= 15 is 0 Å². The second-order valence-electron chi connectivity index (χ2n) is 15.4. The molecule has 1 saturated heterocycles. The molecular formula is C32H45NO3. The Morgan fingerprint density at radius 3 is 2.36 bits per heavy atom. The fraction of sp³-hybridized carbons (Fsp3) is 0.844. The van der Waals surface area contributed by atoms with Crippen molar-refractivity contribution in [3.63, 3.8) is 0 Å². The maximum absolute atomic E-state index is 13.5. The summed E-state index contributed by atoms with van der Waals surface area (Å²) in [7, 11) is 0.